The molecule has 2 aromatic rings. The van der Waals surface area contributed by atoms with E-state index in [1.54, 1.807) is 13.0 Å². The molecule has 8 nitrogen and oxygen atoms in total. The molecule has 160 valence electrons. The molecule has 30 heavy (non-hydrogen) atoms. The van der Waals surface area contributed by atoms with E-state index >= 15 is 0 Å². The maximum absolute atomic E-state index is 12.0. The molecule has 2 aromatic carbocycles. The first-order valence-corrected chi connectivity index (χ1v) is 9.51. The van der Waals surface area contributed by atoms with Crippen LogP contribution in [0.15, 0.2) is 42.5 Å². The van der Waals surface area contributed by atoms with Gasteiger partial charge in [0.15, 0.2) is 6.61 Å². The van der Waals surface area contributed by atoms with Crippen LogP contribution in [0.4, 0.5) is 11.4 Å². The normalized spacial score (nSPS) is 10.9. The Labute approximate surface area is 175 Å². The lowest BCUT2D eigenvalue weighted by Crippen LogP contribution is -2.22. The van der Waals surface area contributed by atoms with E-state index in [1.165, 1.54) is 17.7 Å². The number of nitrogens with zero attached hydrogens (tertiary/aromatic N) is 1. The Morgan fingerprint density at radius 3 is 2.37 bits per heavy atom. The van der Waals surface area contributed by atoms with Crippen molar-refractivity contribution in [3.63, 3.8) is 0 Å². The van der Waals surface area contributed by atoms with Crippen LogP contribution in [0, 0.1) is 17.0 Å². The van der Waals surface area contributed by atoms with Gasteiger partial charge in [0.25, 0.3) is 11.6 Å². The topological polar surface area (TPSA) is 108 Å². The molecule has 1 amide bonds. The number of nitro benzene ring substituents is 1. The predicted molar refractivity (Wildman–Crippen MR) is 113 cm³/mol. The first kappa shape index (κ1) is 22.9. The largest absolute Gasteiger partial charge is 0.493 e. The Balaban J connectivity index is 1.77. The molecule has 0 bridgehead atoms. The number of carbonyl (C=O) groups excluding carboxylic acids is 2. The number of nitrogens with one attached hydrogen (secondary N) is 1. The number of aryl methyl sites for hydroxylation is 1. The van der Waals surface area contributed by atoms with E-state index in [0.29, 0.717) is 11.3 Å². The van der Waals surface area contributed by atoms with E-state index in [2.05, 4.69) is 26.1 Å². The lowest BCUT2D eigenvalue weighted by molar-refractivity contribution is -0.384. The number of carbonyl (C=O) groups is 2. The highest BCUT2D eigenvalue weighted by Gasteiger charge is 2.18. The number of benzene rings is 2. The molecule has 0 aliphatic heterocycles. The van der Waals surface area contributed by atoms with E-state index < -0.39 is 23.4 Å². The molecule has 1 N–H and O–H groups in total. The molecule has 0 unspecified atom stereocenters. The summed E-state index contributed by atoms with van der Waals surface area (Å²) >= 11 is 0. The van der Waals surface area contributed by atoms with Crippen LogP contribution in [0.5, 0.6) is 5.75 Å². The summed E-state index contributed by atoms with van der Waals surface area (Å²) in [6.45, 7) is 7.56. The Hall–Kier alpha value is -3.42. The Bertz CT molecular complexity index is 916. The van der Waals surface area contributed by atoms with Crippen LogP contribution in [-0.4, -0.2) is 30.0 Å². The van der Waals surface area contributed by atoms with Gasteiger partial charge >= 0.3 is 5.97 Å². The van der Waals surface area contributed by atoms with E-state index in [-0.39, 0.29) is 29.8 Å². The minimum atomic E-state index is -0.653. The molecule has 0 aliphatic carbocycles. The lowest BCUT2D eigenvalue weighted by atomic mass is 9.87. The standard InChI is InChI=1S/C22H26N2O6/c1-15-6-5-7-18(24(27)28)21(15)23-19(25)14-30-20(26)12-13-29-17-10-8-16(9-11-17)22(2,3)4/h5-11H,12-14H2,1-4H3,(H,23,25). The summed E-state index contributed by atoms with van der Waals surface area (Å²) in [7, 11) is 0. The van der Waals surface area contributed by atoms with E-state index in [1.807, 2.05) is 24.3 Å². The van der Waals surface area contributed by atoms with Crippen LogP contribution in [0.2, 0.25) is 0 Å². The van der Waals surface area contributed by atoms with Gasteiger partial charge in [-0.2, -0.15) is 0 Å². The summed E-state index contributed by atoms with van der Waals surface area (Å²) in [5.74, 6) is -0.615. The van der Waals surface area contributed by atoms with Gasteiger partial charge in [-0.1, -0.05) is 45.0 Å². The SMILES string of the molecule is Cc1cccc([N+](=O)[O-])c1NC(=O)COC(=O)CCOc1ccc(C(C)(C)C)cc1. The zero-order valence-electron chi connectivity index (χ0n) is 17.6. The van der Waals surface area contributed by atoms with Crippen LogP contribution in [0.1, 0.15) is 38.3 Å². The molecule has 0 aromatic heterocycles. The molecule has 0 heterocycles. The molecule has 2 rings (SSSR count). The minimum absolute atomic E-state index is 0.0290. The lowest BCUT2D eigenvalue weighted by Gasteiger charge is -2.19. The fraction of sp³-hybridized carbons (Fsp3) is 0.364. The molecule has 8 heteroatoms. The molecular formula is C22H26N2O6. The van der Waals surface area contributed by atoms with Gasteiger partial charge in [0.1, 0.15) is 11.4 Å². The number of anilines is 1. The Kier molecular flexibility index (Phi) is 7.52. The summed E-state index contributed by atoms with van der Waals surface area (Å²) < 4.78 is 10.4. The highest BCUT2D eigenvalue weighted by molar-refractivity contribution is 5.95. The molecule has 0 aliphatic rings. The number of hydrogen-bond acceptors (Lipinski definition) is 6. The third kappa shape index (κ3) is 6.58. The number of rotatable bonds is 8. The van der Waals surface area contributed by atoms with Crippen LogP contribution in [0.25, 0.3) is 0 Å². The van der Waals surface area contributed by atoms with Crippen molar-refractivity contribution < 1.29 is 24.0 Å². The van der Waals surface area contributed by atoms with Crippen LogP contribution in [0.3, 0.4) is 0 Å². The zero-order chi connectivity index (χ0) is 22.3. The van der Waals surface area contributed by atoms with Crippen molar-refractivity contribution in [2.75, 3.05) is 18.5 Å². The van der Waals surface area contributed by atoms with Crippen LogP contribution < -0.4 is 10.1 Å². The van der Waals surface area contributed by atoms with Crippen molar-refractivity contribution in [3.8, 4) is 5.75 Å². The molecule has 0 atom stereocenters. The smallest absolute Gasteiger partial charge is 0.309 e. The van der Waals surface area contributed by atoms with Gasteiger partial charge in [0.2, 0.25) is 0 Å². The molecule has 0 saturated heterocycles. The minimum Gasteiger partial charge on any atom is -0.493 e. The van der Waals surface area contributed by atoms with E-state index in [4.69, 9.17) is 9.47 Å². The van der Waals surface area contributed by atoms with Gasteiger partial charge in [0, 0.05) is 6.07 Å². The van der Waals surface area contributed by atoms with Crippen molar-refractivity contribution in [2.45, 2.75) is 39.5 Å². The van der Waals surface area contributed by atoms with Crippen molar-refractivity contribution in [1.82, 2.24) is 0 Å². The fourth-order valence-corrected chi connectivity index (χ4v) is 2.66. The summed E-state index contributed by atoms with van der Waals surface area (Å²) in [5, 5.41) is 13.5. The van der Waals surface area contributed by atoms with E-state index in [0.717, 1.165) is 0 Å². The number of amides is 1. The highest BCUT2D eigenvalue weighted by atomic mass is 16.6. The van der Waals surface area contributed by atoms with Crippen molar-refractivity contribution >= 4 is 23.3 Å². The van der Waals surface area contributed by atoms with Crippen LogP contribution in [-0.2, 0) is 19.7 Å². The average Bonchev–Trinajstić information content (AvgIpc) is 2.67. The summed E-state index contributed by atoms with van der Waals surface area (Å²) in [4.78, 5) is 34.3. The third-order valence-corrected chi connectivity index (χ3v) is 4.37. The van der Waals surface area contributed by atoms with Crippen molar-refractivity contribution in [2.24, 2.45) is 0 Å². The number of nitro groups is 1. The Morgan fingerprint density at radius 2 is 1.77 bits per heavy atom. The van der Waals surface area contributed by atoms with Crippen molar-refractivity contribution in [1.29, 1.82) is 0 Å². The van der Waals surface area contributed by atoms with E-state index in [9.17, 15) is 19.7 Å². The predicted octanol–water partition coefficient (Wildman–Crippen LogP) is 4.15. The number of hydrogen-bond donors (Lipinski definition) is 1. The monoisotopic (exact) mass is 414 g/mol. The van der Waals surface area contributed by atoms with Crippen LogP contribution >= 0.6 is 0 Å². The fourth-order valence-electron chi connectivity index (χ4n) is 2.66. The third-order valence-electron chi connectivity index (χ3n) is 4.37. The van der Waals surface area contributed by atoms with Gasteiger partial charge in [-0.25, -0.2) is 0 Å². The summed E-state index contributed by atoms with van der Waals surface area (Å²) in [6.07, 6.45) is -0.0290. The highest BCUT2D eigenvalue weighted by Crippen LogP contribution is 2.27. The number of para-hydroxylation sites is 1. The first-order valence-electron chi connectivity index (χ1n) is 9.51. The molecular weight excluding hydrogens is 388 g/mol. The van der Waals surface area contributed by atoms with Gasteiger partial charge < -0.3 is 14.8 Å². The molecule has 0 spiro atoms. The second kappa shape index (κ2) is 9.87. The van der Waals surface area contributed by atoms with Gasteiger partial charge in [-0.15, -0.1) is 0 Å². The Morgan fingerprint density at radius 1 is 1.10 bits per heavy atom. The van der Waals surface area contributed by atoms with Crippen molar-refractivity contribution in [3.05, 3.63) is 63.7 Å². The summed E-state index contributed by atoms with van der Waals surface area (Å²) in [6, 6.07) is 12.1. The second-order valence-electron chi connectivity index (χ2n) is 7.81. The molecule has 0 fully saturated rings. The molecule has 0 saturated carbocycles. The summed E-state index contributed by atoms with van der Waals surface area (Å²) in [5.41, 5.74) is 1.62. The number of ether oxygens (including phenoxy) is 2. The quantitative estimate of drug-likeness (QED) is 0.395. The van der Waals surface area contributed by atoms with Gasteiger partial charge in [0.05, 0.1) is 18.0 Å². The average molecular weight is 414 g/mol. The second-order valence-corrected chi connectivity index (χ2v) is 7.81. The van der Waals surface area contributed by atoms with Gasteiger partial charge in [-0.05, 0) is 35.6 Å². The zero-order valence-corrected chi connectivity index (χ0v) is 17.6. The first-order chi connectivity index (χ1) is 14.1. The number of esters is 1. The van der Waals surface area contributed by atoms with Gasteiger partial charge in [-0.3, -0.25) is 19.7 Å². The maximum Gasteiger partial charge on any atom is 0.309 e. The molecule has 0 radical (unpaired) electrons. The maximum atomic E-state index is 12.0.